The zero-order valence-electron chi connectivity index (χ0n) is 9.07. The van der Waals surface area contributed by atoms with Crippen molar-refractivity contribution in [3.05, 3.63) is 29.4 Å². The summed E-state index contributed by atoms with van der Waals surface area (Å²) in [6, 6.07) is 4.44. The van der Waals surface area contributed by atoms with E-state index in [-0.39, 0.29) is 0 Å². The van der Waals surface area contributed by atoms with Crippen LogP contribution in [0.25, 0.3) is 10.7 Å². The van der Waals surface area contributed by atoms with E-state index in [1.54, 1.807) is 6.20 Å². The van der Waals surface area contributed by atoms with Crippen LogP contribution in [0.15, 0.2) is 24.5 Å². The summed E-state index contributed by atoms with van der Waals surface area (Å²) in [5, 5.41) is 3.40. The van der Waals surface area contributed by atoms with Gasteiger partial charge >= 0.3 is 0 Å². The molecular formula is C12H15N3S. The predicted molar refractivity (Wildman–Crippen MR) is 66.7 cm³/mol. The summed E-state index contributed by atoms with van der Waals surface area (Å²) in [6.45, 7) is 2.30. The van der Waals surface area contributed by atoms with Gasteiger partial charge in [-0.3, -0.25) is 0 Å². The average Bonchev–Trinajstić information content (AvgIpc) is 3.01. The van der Waals surface area contributed by atoms with E-state index in [2.05, 4.69) is 27.4 Å². The summed E-state index contributed by atoms with van der Waals surface area (Å²) in [6.07, 6.45) is 6.20. The molecule has 1 fully saturated rings. The van der Waals surface area contributed by atoms with Crippen LogP contribution < -0.4 is 5.32 Å². The molecular weight excluding hydrogens is 218 g/mol. The highest BCUT2D eigenvalue weighted by Gasteiger charge is 2.17. The molecule has 0 radical (unpaired) electrons. The number of piperidine rings is 1. The van der Waals surface area contributed by atoms with Gasteiger partial charge in [0.2, 0.25) is 0 Å². The molecule has 0 spiro atoms. The maximum absolute atomic E-state index is 4.29. The van der Waals surface area contributed by atoms with Crippen molar-refractivity contribution in [1.29, 1.82) is 0 Å². The molecule has 1 saturated heterocycles. The molecule has 16 heavy (non-hydrogen) atoms. The Balaban J connectivity index is 1.82. The van der Waals surface area contributed by atoms with Crippen molar-refractivity contribution in [3.8, 4) is 10.7 Å². The van der Waals surface area contributed by atoms with E-state index >= 15 is 0 Å². The Morgan fingerprint density at radius 1 is 1.25 bits per heavy atom. The highest BCUT2D eigenvalue weighted by Crippen LogP contribution is 2.34. The monoisotopic (exact) mass is 233 g/mol. The van der Waals surface area contributed by atoms with Gasteiger partial charge < -0.3 is 10.3 Å². The second kappa shape index (κ2) is 4.39. The molecule has 0 aromatic carbocycles. The Morgan fingerprint density at radius 2 is 2.12 bits per heavy atom. The SMILES string of the molecule is c1c[nH]c(-c2ccc(C3CCNCC3)s2)n1. The molecule has 1 aliphatic rings. The third kappa shape index (κ3) is 1.90. The van der Waals surface area contributed by atoms with Crippen molar-refractivity contribution in [2.75, 3.05) is 13.1 Å². The Hall–Kier alpha value is -1.13. The molecule has 3 heterocycles. The molecule has 0 amide bonds. The first kappa shape index (κ1) is 10.1. The maximum Gasteiger partial charge on any atom is 0.147 e. The minimum Gasteiger partial charge on any atom is -0.344 e. The molecule has 0 saturated carbocycles. The first-order valence-corrected chi connectivity index (χ1v) is 6.55. The van der Waals surface area contributed by atoms with Crippen LogP contribution in [0.2, 0.25) is 0 Å². The minimum atomic E-state index is 0.745. The lowest BCUT2D eigenvalue weighted by molar-refractivity contribution is 0.465. The smallest absolute Gasteiger partial charge is 0.147 e. The van der Waals surface area contributed by atoms with Crippen molar-refractivity contribution >= 4 is 11.3 Å². The average molecular weight is 233 g/mol. The fraction of sp³-hybridized carbons (Fsp3) is 0.417. The second-order valence-electron chi connectivity index (χ2n) is 4.16. The Morgan fingerprint density at radius 3 is 2.88 bits per heavy atom. The standard InChI is InChI=1S/C12H15N3S/c1-2-11(12-14-7-8-15-12)16-10(1)9-3-5-13-6-4-9/h1-2,7-9,13H,3-6H2,(H,14,15). The van der Waals surface area contributed by atoms with Crippen LogP contribution in [0.5, 0.6) is 0 Å². The van der Waals surface area contributed by atoms with Crippen LogP contribution in [0.4, 0.5) is 0 Å². The number of imidazole rings is 1. The Bertz CT molecular complexity index is 441. The molecule has 1 aliphatic heterocycles. The molecule has 4 heteroatoms. The van der Waals surface area contributed by atoms with Gasteiger partial charge in [-0.1, -0.05) is 0 Å². The van der Waals surface area contributed by atoms with E-state index in [0.717, 1.165) is 24.8 Å². The van der Waals surface area contributed by atoms with Crippen LogP contribution in [0.3, 0.4) is 0 Å². The van der Waals surface area contributed by atoms with Crippen LogP contribution in [-0.4, -0.2) is 23.1 Å². The third-order valence-corrected chi connectivity index (χ3v) is 4.35. The molecule has 2 N–H and O–H groups in total. The molecule has 3 rings (SSSR count). The number of hydrogen-bond donors (Lipinski definition) is 2. The summed E-state index contributed by atoms with van der Waals surface area (Å²) < 4.78 is 0. The summed E-state index contributed by atoms with van der Waals surface area (Å²) in [5.41, 5.74) is 0. The zero-order valence-corrected chi connectivity index (χ0v) is 9.89. The summed E-state index contributed by atoms with van der Waals surface area (Å²) in [4.78, 5) is 10.2. The van der Waals surface area contributed by atoms with Gasteiger partial charge in [-0.25, -0.2) is 4.98 Å². The van der Waals surface area contributed by atoms with Crippen LogP contribution >= 0.6 is 11.3 Å². The fourth-order valence-electron chi connectivity index (χ4n) is 2.21. The van der Waals surface area contributed by atoms with Crippen molar-refractivity contribution in [2.45, 2.75) is 18.8 Å². The third-order valence-electron chi connectivity index (χ3n) is 3.10. The van der Waals surface area contributed by atoms with Gasteiger partial charge in [0.25, 0.3) is 0 Å². The molecule has 0 bridgehead atoms. The lowest BCUT2D eigenvalue weighted by Crippen LogP contribution is -2.26. The van der Waals surface area contributed by atoms with Crippen molar-refractivity contribution in [1.82, 2.24) is 15.3 Å². The summed E-state index contributed by atoms with van der Waals surface area (Å²) >= 11 is 1.88. The van der Waals surface area contributed by atoms with Gasteiger partial charge in [0.05, 0.1) is 4.88 Å². The molecule has 0 unspecified atom stereocenters. The molecule has 2 aromatic heterocycles. The maximum atomic E-state index is 4.29. The van der Waals surface area contributed by atoms with Crippen molar-refractivity contribution in [2.24, 2.45) is 0 Å². The number of H-pyrrole nitrogens is 1. The number of nitrogens with one attached hydrogen (secondary N) is 2. The molecule has 0 aliphatic carbocycles. The highest BCUT2D eigenvalue weighted by molar-refractivity contribution is 7.15. The lowest BCUT2D eigenvalue weighted by atomic mass is 9.97. The first-order valence-electron chi connectivity index (χ1n) is 5.74. The first-order chi connectivity index (χ1) is 7.93. The molecule has 0 atom stereocenters. The topological polar surface area (TPSA) is 40.7 Å². The van der Waals surface area contributed by atoms with Crippen molar-refractivity contribution < 1.29 is 0 Å². The molecule has 3 nitrogen and oxygen atoms in total. The largest absolute Gasteiger partial charge is 0.344 e. The zero-order chi connectivity index (χ0) is 10.8. The highest BCUT2D eigenvalue weighted by atomic mass is 32.1. The quantitative estimate of drug-likeness (QED) is 0.837. The van der Waals surface area contributed by atoms with Gasteiger partial charge in [0.15, 0.2) is 0 Å². The van der Waals surface area contributed by atoms with Crippen LogP contribution in [0.1, 0.15) is 23.6 Å². The van der Waals surface area contributed by atoms with Gasteiger partial charge in [0.1, 0.15) is 5.82 Å². The Labute approximate surface area is 98.9 Å². The van der Waals surface area contributed by atoms with E-state index in [0.29, 0.717) is 0 Å². The van der Waals surface area contributed by atoms with E-state index in [9.17, 15) is 0 Å². The number of thiophene rings is 1. The van der Waals surface area contributed by atoms with Crippen LogP contribution in [0, 0.1) is 0 Å². The number of rotatable bonds is 2. The van der Waals surface area contributed by atoms with E-state index in [1.165, 1.54) is 22.6 Å². The number of nitrogens with zero attached hydrogens (tertiary/aromatic N) is 1. The predicted octanol–water partition coefficient (Wildman–Crippen LogP) is 2.61. The van der Waals surface area contributed by atoms with E-state index in [1.807, 2.05) is 17.5 Å². The summed E-state index contributed by atoms with van der Waals surface area (Å²) in [7, 11) is 0. The van der Waals surface area contributed by atoms with Gasteiger partial charge in [-0.15, -0.1) is 11.3 Å². The minimum absolute atomic E-state index is 0.745. The number of aromatic nitrogens is 2. The summed E-state index contributed by atoms with van der Waals surface area (Å²) in [5.74, 6) is 1.74. The van der Waals surface area contributed by atoms with Gasteiger partial charge in [-0.05, 0) is 44.0 Å². The van der Waals surface area contributed by atoms with Crippen LogP contribution in [-0.2, 0) is 0 Å². The van der Waals surface area contributed by atoms with Gasteiger partial charge in [0, 0.05) is 17.3 Å². The van der Waals surface area contributed by atoms with Crippen molar-refractivity contribution in [3.63, 3.8) is 0 Å². The number of aromatic amines is 1. The van der Waals surface area contributed by atoms with E-state index < -0.39 is 0 Å². The molecule has 2 aromatic rings. The normalized spacial score (nSPS) is 17.8. The molecule has 84 valence electrons. The Kier molecular flexibility index (Phi) is 2.76. The number of hydrogen-bond acceptors (Lipinski definition) is 3. The lowest BCUT2D eigenvalue weighted by Gasteiger charge is -2.21. The second-order valence-corrected chi connectivity index (χ2v) is 5.28. The van der Waals surface area contributed by atoms with Gasteiger partial charge in [-0.2, -0.15) is 0 Å². The van der Waals surface area contributed by atoms with E-state index in [4.69, 9.17) is 0 Å². The fourth-order valence-corrected chi connectivity index (χ4v) is 3.34.